The minimum atomic E-state index is -4.62. The van der Waals surface area contributed by atoms with Crippen LogP contribution in [-0.4, -0.2) is 52.9 Å². The molecule has 1 aliphatic rings. The number of benzene rings is 2. The van der Waals surface area contributed by atoms with Crippen LogP contribution in [0.2, 0.25) is 0 Å². The number of carbonyl (C=O) groups excluding carboxylic acids is 1. The van der Waals surface area contributed by atoms with Gasteiger partial charge in [-0.25, -0.2) is 13.6 Å². The average Bonchev–Trinajstić information content (AvgIpc) is 2.95. The fraction of sp³-hybridized carbons (Fsp3) is 0.333. The fourth-order valence-corrected chi connectivity index (χ4v) is 4.80. The maximum absolute atomic E-state index is 14.5. The number of pyridine rings is 1. The Kier molecular flexibility index (Phi) is 8.94. The summed E-state index contributed by atoms with van der Waals surface area (Å²) in [6.45, 7) is 3.55. The van der Waals surface area contributed by atoms with Gasteiger partial charge < -0.3 is 15.1 Å². The molecule has 1 aromatic heterocycles. The third-order valence-corrected chi connectivity index (χ3v) is 7.50. The summed E-state index contributed by atoms with van der Waals surface area (Å²) in [6, 6.07) is 15.8. The predicted octanol–water partition coefficient (Wildman–Crippen LogP) is 4.56. The highest BCUT2D eigenvalue weighted by molar-refractivity contribution is 7.80. The molecule has 40 heavy (non-hydrogen) atoms. The van der Waals surface area contributed by atoms with Crippen LogP contribution in [0.4, 0.5) is 34.8 Å². The van der Waals surface area contributed by atoms with Gasteiger partial charge in [0, 0.05) is 51.0 Å². The highest BCUT2D eigenvalue weighted by atomic mass is 32.2. The van der Waals surface area contributed by atoms with Crippen LogP contribution in [0.5, 0.6) is 0 Å². The van der Waals surface area contributed by atoms with Crippen LogP contribution in [0.3, 0.4) is 0 Å². The molecule has 13 heteroatoms. The van der Waals surface area contributed by atoms with E-state index >= 15 is 0 Å². The van der Waals surface area contributed by atoms with Gasteiger partial charge in [0.2, 0.25) is 5.91 Å². The maximum Gasteiger partial charge on any atom is 0.433 e. The molecule has 0 spiro atoms. The quantitative estimate of drug-likeness (QED) is 0.301. The number of hydrogen-bond donors (Lipinski definition) is 2. The number of hydrogen-bond acceptors (Lipinski definition) is 5. The predicted molar refractivity (Wildman–Crippen MR) is 146 cm³/mol. The first-order valence-corrected chi connectivity index (χ1v) is 13.6. The van der Waals surface area contributed by atoms with E-state index in [2.05, 4.69) is 15.2 Å². The molecule has 2 aromatic carbocycles. The molecule has 8 nitrogen and oxygen atoms in total. The van der Waals surface area contributed by atoms with E-state index in [9.17, 15) is 31.1 Å². The molecule has 0 radical (unpaired) electrons. The molecule has 2 N–H and O–H groups in total. The number of carbonyl (C=O) groups is 1. The van der Waals surface area contributed by atoms with Crippen LogP contribution in [0, 0.1) is 5.82 Å². The number of rotatable bonds is 8. The zero-order valence-electron chi connectivity index (χ0n) is 21.9. The summed E-state index contributed by atoms with van der Waals surface area (Å²) in [5.74, 6) is -1.88. The highest BCUT2D eigenvalue weighted by Gasteiger charge is 2.34. The van der Waals surface area contributed by atoms with Crippen LogP contribution >= 0.6 is 0 Å². The monoisotopic (exact) mass is 579 g/mol. The molecule has 1 aliphatic heterocycles. The molecule has 214 valence electrons. The Morgan fingerprint density at radius 2 is 1.73 bits per heavy atom. The van der Waals surface area contributed by atoms with E-state index in [1.54, 1.807) is 11.8 Å². The van der Waals surface area contributed by atoms with Gasteiger partial charge in [-0.1, -0.05) is 30.3 Å². The lowest BCUT2D eigenvalue weighted by Gasteiger charge is -2.37. The van der Waals surface area contributed by atoms with Crippen molar-refractivity contribution in [2.24, 2.45) is 0 Å². The summed E-state index contributed by atoms with van der Waals surface area (Å²) in [6.07, 6.45) is -4.62. The molecule has 2 heterocycles. The second-order valence-electron chi connectivity index (χ2n) is 9.37. The third kappa shape index (κ3) is 6.70. The Morgan fingerprint density at radius 3 is 2.33 bits per heavy atom. The third-order valence-electron chi connectivity index (χ3n) is 6.84. The largest absolute Gasteiger partial charge is 0.433 e. The zero-order valence-corrected chi connectivity index (χ0v) is 22.7. The summed E-state index contributed by atoms with van der Waals surface area (Å²) >= 11 is -2.41. The van der Waals surface area contributed by atoms with E-state index < -0.39 is 40.8 Å². The minimum absolute atomic E-state index is 0.0741. The van der Waals surface area contributed by atoms with Crippen LogP contribution in [0.1, 0.15) is 29.7 Å². The maximum atomic E-state index is 14.5. The van der Waals surface area contributed by atoms with Gasteiger partial charge in [-0.05, 0) is 42.8 Å². The van der Waals surface area contributed by atoms with E-state index in [0.717, 1.165) is 22.1 Å². The van der Waals surface area contributed by atoms with Crippen molar-refractivity contribution in [3.8, 4) is 0 Å². The number of piperazine rings is 1. The van der Waals surface area contributed by atoms with E-state index in [4.69, 9.17) is 0 Å². The second kappa shape index (κ2) is 12.2. The van der Waals surface area contributed by atoms with E-state index in [1.807, 2.05) is 30.3 Å². The Morgan fingerprint density at radius 1 is 1.07 bits per heavy atom. The van der Waals surface area contributed by atoms with Gasteiger partial charge in [-0.3, -0.25) is 13.7 Å². The van der Waals surface area contributed by atoms with Crippen molar-refractivity contribution in [3.05, 3.63) is 83.3 Å². The number of anilines is 3. The summed E-state index contributed by atoms with van der Waals surface area (Å²) in [5.41, 5.74) is 0.668. The smallest absolute Gasteiger partial charge is 0.368 e. The van der Waals surface area contributed by atoms with Gasteiger partial charge in [-0.2, -0.15) is 13.2 Å². The van der Waals surface area contributed by atoms with Gasteiger partial charge in [0.25, 0.3) is 11.3 Å². The van der Waals surface area contributed by atoms with Gasteiger partial charge in [0.15, 0.2) is 0 Å². The molecular weight excluding hydrogens is 550 g/mol. The summed E-state index contributed by atoms with van der Waals surface area (Å²) < 4.78 is 76.3. The normalized spacial score (nSPS) is 15.5. The lowest BCUT2D eigenvalue weighted by Crippen LogP contribution is -2.47. The number of aromatic nitrogens is 1. The van der Waals surface area contributed by atoms with E-state index in [-0.39, 0.29) is 18.1 Å². The van der Waals surface area contributed by atoms with Gasteiger partial charge in [0.05, 0.1) is 11.6 Å². The molecule has 4 rings (SSSR count). The van der Waals surface area contributed by atoms with Gasteiger partial charge in [0.1, 0.15) is 17.3 Å². The minimum Gasteiger partial charge on any atom is -0.368 e. The lowest BCUT2D eigenvalue weighted by molar-refractivity contribution is -0.141. The Balaban J connectivity index is 1.48. The van der Waals surface area contributed by atoms with Crippen molar-refractivity contribution >= 4 is 34.4 Å². The summed E-state index contributed by atoms with van der Waals surface area (Å²) in [5, 5.41) is 2.73. The van der Waals surface area contributed by atoms with Crippen LogP contribution in [-0.2, 0) is 28.8 Å². The van der Waals surface area contributed by atoms with Gasteiger partial charge in [-0.15, -0.1) is 0 Å². The van der Waals surface area contributed by atoms with E-state index in [1.165, 1.54) is 25.2 Å². The average molecular weight is 580 g/mol. The highest BCUT2D eigenvalue weighted by Crippen LogP contribution is 2.32. The number of nitrogens with zero attached hydrogens (tertiary/aromatic N) is 4. The molecule has 1 saturated heterocycles. The molecule has 0 saturated carbocycles. The molecular formula is C27H29F4N5O3S. The van der Waals surface area contributed by atoms with Gasteiger partial charge >= 0.3 is 6.18 Å². The van der Waals surface area contributed by atoms with Crippen LogP contribution in [0.25, 0.3) is 0 Å². The van der Waals surface area contributed by atoms with Crippen molar-refractivity contribution in [2.45, 2.75) is 25.6 Å². The SMILES string of the molecule is CC(C(=O)NCc1ccc(C(F)(F)F)nc1N1CCN(c2ccccc2)CC1)c1ccc(N(C)S(=O)O)c(F)c1. The fourth-order valence-electron chi connectivity index (χ4n) is 4.48. The first-order chi connectivity index (χ1) is 19.0. The van der Waals surface area contributed by atoms with Crippen LogP contribution in [0.15, 0.2) is 60.7 Å². The molecule has 0 bridgehead atoms. The van der Waals surface area contributed by atoms with Crippen molar-refractivity contribution in [1.29, 1.82) is 0 Å². The van der Waals surface area contributed by atoms with E-state index in [0.29, 0.717) is 37.3 Å². The Hall–Kier alpha value is -3.71. The molecule has 2 unspecified atom stereocenters. The first kappa shape index (κ1) is 29.3. The standard InChI is InChI=1S/C27H29F4N5O3S/c1-18(19-8-10-23(22(28)16-19)34(2)40(38)39)26(37)32-17-20-9-11-24(27(29,30)31)33-25(20)36-14-12-35(13-15-36)21-6-4-3-5-7-21/h3-11,16,18H,12-15,17H2,1-2H3,(H,32,37)(H,38,39). The van der Waals surface area contributed by atoms with Crippen LogP contribution < -0.4 is 19.4 Å². The van der Waals surface area contributed by atoms with Crippen molar-refractivity contribution in [2.75, 3.05) is 47.3 Å². The second-order valence-corrected chi connectivity index (χ2v) is 10.4. The Bertz CT molecular complexity index is 1370. The summed E-state index contributed by atoms with van der Waals surface area (Å²) in [4.78, 5) is 20.8. The van der Waals surface area contributed by atoms with Crippen molar-refractivity contribution in [1.82, 2.24) is 10.3 Å². The van der Waals surface area contributed by atoms with Crippen molar-refractivity contribution < 1.29 is 31.1 Å². The number of amides is 1. The number of halogens is 4. The summed E-state index contributed by atoms with van der Waals surface area (Å²) in [7, 11) is 1.25. The lowest BCUT2D eigenvalue weighted by atomic mass is 9.99. The topological polar surface area (TPSA) is 89.0 Å². The first-order valence-electron chi connectivity index (χ1n) is 12.5. The molecule has 2 atom stereocenters. The molecule has 1 fully saturated rings. The molecule has 3 aromatic rings. The number of nitrogens with one attached hydrogen (secondary N) is 1. The molecule has 0 aliphatic carbocycles. The number of para-hydroxylation sites is 1. The zero-order chi connectivity index (χ0) is 29.0. The Labute approximate surface area is 232 Å². The van der Waals surface area contributed by atoms with Crippen molar-refractivity contribution in [3.63, 3.8) is 0 Å². The molecule has 1 amide bonds. The number of alkyl halides is 3.